The van der Waals surface area contributed by atoms with Gasteiger partial charge in [0.05, 0.1) is 0 Å². The first kappa shape index (κ1) is 9.99. The molecule has 0 heterocycles. The lowest BCUT2D eigenvalue weighted by Crippen LogP contribution is -2.29. The Kier molecular flexibility index (Phi) is 5.22. The van der Waals surface area contributed by atoms with Gasteiger partial charge in [0.25, 0.3) is 0 Å². The van der Waals surface area contributed by atoms with Crippen LogP contribution in [0, 0.1) is 12.3 Å². The molecule has 0 aliphatic carbocycles. The number of hydrogen-bond acceptors (Lipinski definition) is 2. The third kappa shape index (κ3) is 5.43. The van der Waals surface area contributed by atoms with Gasteiger partial charge < -0.3 is 10.8 Å². The van der Waals surface area contributed by atoms with Crippen molar-refractivity contribution in [3.8, 4) is 12.3 Å². The molecule has 0 aromatic heterocycles. The van der Waals surface area contributed by atoms with Crippen molar-refractivity contribution in [3.63, 3.8) is 0 Å². The maximum Gasteiger partial charge on any atom is 0.320 e. The Morgan fingerprint density at radius 1 is 1.64 bits per heavy atom. The first-order valence-electron chi connectivity index (χ1n) is 3.60. The average molecular weight is 155 g/mol. The minimum atomic E-state index is -0.939. The minimum absolute atomic E-state index is 0.511. The number of rotatable bonds is 5. The Hall–Kier alpha value is -1.01. The summed E-state index contributed by atoms with van der Waals surface area (Å²) >= 11 is 0. The zero-order valence-electron chi connectivity index (χ0n) is 6.42. The maximum atomic E-state index is 10.2. The van der Waals surface area contributed by atoms with Gasteiger partial charge in [-0.25, -0.2) is 0 Å². The molecule has 0 unspecified atom stereocenters. The van der Waals surface area contributed by atoms with Crippen molar-refractivity contribution in [2.24, 2.45) is 5.73 Å². The van der Waals surface area contributed by atoms with Gasteiger partial charge in [0.2, 0.25) is 0 Å². The van der Waals surface area contributed by atoms with Gasteiger partial charge in [0.15, 0.2) is 0 Å². The van der Waals surface area contributed by atoms with Crippen LogP contribution >= 0.6 is 0 Å². The molecule has 0 spiro atoms. The summed E-state index contributed by atoms with van der Waals surface area (Å²) in [4.78, 5) is 10.2. The summed E-state index contributed by atoms with van der Waals surface area (Å²) in [7, 11) is 0. The summed E-state index contributed by atoms with van der Waals surface area (Å²) in [5.41, 5.74) is 5.25. The molecule has 11 heavy (non-hydrogen) atoms. The molecule has 0 radical (unpaired) electrons. The second-order valence-corrected chi connectivity index (χ2v) is 2.39. The van der Waals surface area contributed by atoms with Crippen molar-refractivity contribution in [1.29, 1.82) is 0 Å². The van der Waals surface area contributed by atoms with Crippen LogP contribution in [0.15, 0.2) is 0 Å². The Bertz CT molecular complexity index is 160. The third-order valence-electron chi connectivity index (χ3n) is 1.40. The van der Waals surface area contributed by atoms with Crippen LogP contribution in [0.2, 0.25) is 0 Å². The van der Waals surface area contributed by atoms with Gasteiger partial charge in [-0.05, 0) is 12.8 Å². The highest BCUT2D eigenvalue weighted by molar-refractivity contribution is 5.72. The van der Waals surface area contributed by atoms with Gasteiger partial charge in [0.1, 0.15) is 6.04 Å². The van der Waals surface area contributed by atoms with Crippen LogP contribution in [0.3, 0.4) is 0 Å². The van der Waals surface area contributed by atoms with Crippen LogP contribution in [0.4, 0.5) is 0 Å². The smallest absolute Gasteiger partial charge is 0.320 e. The van der Waals surface area contributed by atoms with Crippen LogP contribution < -0.4 is 5.73 Å². The van der Waals surface area contributed by atoms with Gasteiger partial charge in [-0.2, -0.15) is 0 Å². The second kappa shape index (κ2) is 5.75. The average Bonchev–Trinajstić information content (AvgIpc) is 1.97. The molecule has 0 aromatic carbocycles. The summed E-state index contributed by atoms with van der Waals surface area (Å²) < 4.78 is 0. The van der Waals surface area contributed by atoms with Crippen molar-refractivity contribution >= 4 is 5.97 Å². The molecule has 0 fully saturated rings. The van der Waals surface area contributed by atoms with Gasteiger partial charge in [-0.15, -0.1) is 12.3 Å². The van der Waals surface area contributed by atoms with Crippen molar-refractivity contribution < 1.29 is 9.90 Å². The zero-order chi connectivity index (χ0) is 8.69. The topological polar surface area (TPSA) is 63.3 Å². The first-order chi connectivity index (χ1) is 5.18. The molecule has 0 amide bonds. The van der Waals surface area contributed by atoms with Crippen LogP contribution in [0.1, 0.15) is 25.7 Å². The van der Waals surface area contributed by atoms with E-state index < -0.39 is 12.0 Å². The highest BCUT2D eigenvalue weighted by Crippen LogP contribution is 2.01. The number of terminal acetylenes is 1. The molecule has 0 aliphatic rings. The van der Waals surface area contributed by atoms with E-state index in [1.807, 2.05) is 0 Å². The van der Waals surface area contributed by atoms with E-state index in [0.717, 1.165) is 12.8 Å². The van der Waals surface area contributed by atoms with Gasteiger partial charge in [-0.1, -0.05) is 6.42 Å². The van der Waals surface area contributed by atoms with Gasteiger partial charge in [0, 0.05) is 6.42 Å². The Balaban J connectivity index is 3.26. The number of unbranched alkanes of at least 4 members (excludes halogenated alkanes) is 2. The Labute approximate surface area is 66.6 Å². The van der Waals surface area contributed by atoms with Crippen LogP contribution in [0.5, 0.6) is 0 Å². The summed E-state index contributed by atoms with van der Waals surface area (Å²) in [6.07, 6.45) is 7.87. The normalized spacial score (nSPS) is 12.0. The van der Waals surface area contributed by atoms with Gasteiger partial charge in [-0.3, -0.25) is 4.79 Å². The number of nitrogens with two attached hydrogens (primary N) is 1. The molecule has 3 nitrogen and oxygen atoms in total. The highest BCUT2D eigenvalue weighted by Gasteiger charge is 2.09. The standard InChI is InChI=1S/C8H13NO2/c1-2-3-4-5-6-7(9)8(10)11/h1,7H,3-6,9H2,(H,10,11)/t7-/m0/s1. The first-order valence-corrected chi connectivity index (χ1v) is 3.60. The predicted molar refractivity (Wildman–Crippen MR) is 42.9 cm³/mol. The molecule has 62 valence electrons. The second-order valence-electron chi connectivity index (χ2n) is 2.39. The fraction of sp³-hybridized carbons (Fsp3) is 0.625. The van der Waals surface area contributed by atoms with Crippen molar-refractivity contribution in [2.75, 3.05) is 0 Å². The molecular formula is C8H13NO2. The summed E-state index contributed by atoms with van der Waals surface area (Å²) in [6.45, 7) is 0. The molecule has 0 aromatic rings. The number of carboxylic acids is 1. The number of hydrogen-bond donors (Lipinski definition) is 2. The van der Waals surface area contributed by atoms with E-state index in [1.54, 1.807) is 0 Å². The van der Waals surface area contributed by atoms with Crippen molar-refractivity contribution in [2.45, 2.75) is 31.7 Å². The molecule has 0 aliphatic heterocycles. The Morgan fingerprint density at radius 2 is 2.27 bits per heavy atom. The summed E-state index contributed by atoms with van der Waals surface area (Å²) in [5.74, 6) is 1.54. The van der Waals surface area contributed by atoms with E-state index in [2.05, 4.69) is 5.92 Å². The largest absolute Gasteiger partial charge is 0.480 e. The van der Waals surface area contributed by atoms with E-state index in [0.29, 0.717) is 12.8 Å². The predicted octanol–water partition coefficient (Wildman–Crippen LogP) is 0.592. The molecule has 1 atom stereocenters. The van der Waals surface area contributed by atoms with Crippen LogP contribution in [-0.2, 0) is 4.79 Å². The monoisotopic (exact) mass is 155 g/mol. The lowest BCUT2D eigenvalue weighted by molar-refractivity contribution is -0.138. The van der Waals surface area contributed by atoms with Crippen molar-refractivity contribution in [1.82, 2.24) is 0 Å². The lowest BCUT2D eigenvalue weighted by atomic mass is 10.1. The van der Waals surface area contributed by atoms with E-state index in [-0.39, 0.29) is 0 Å². The molecular weight excluding hydrogens is 142 g/mol. The molecule has 0 saturated carbocycles. The number of carboxylic acid groups (broad SMARTS) is 1. The lowest BCUT2D eigenvalue weighted by Gasteiger charge is -2.03. The summed E-state index contributed by atoms with van der Waals surface area (Å²) in [5, 5.41) is 8.37. The summed E-state index contributed by atoms with van der Waals surface area (Å²) in [6, 6.07) is -0.729. The van der Waals surface area contributed by atoms with E-state index >= 15 is 0 Å². The number of carbonyl (C=O) groups is 1. The molecule has 0 bridgehead atoms. The van der Waals surface area contributed by atoms with E-state index in [9.17, 15) is 4.79 Å². The van der Waals surface area contributed by atoms with Gasteiger partial charge >= 0.3 is 5.97 Å². The van der Waals surface area contributed by atoms with Crippen LogP contribution in [-0.4, -0.2) is 17.1 Å². The SMILES string of the molecule is C#CCCCC[C@H](N)C(=O)O. The fourth-order valence-corrected chi connectivity index (χ4v) is 0.715. The molecule has 3 N–H and O–H groups in total. The minimum Gasteiger partial charge on any atom is -0.480 e. The van der Waals surface area contributed by atoms with Crippen LogP contribution in [0.25, 0.3) is 0 Å². The quantitative estimate of drug-likeness (QED) is 0.451. The number of aliphatic carboxylic acids is 1. The molecule has 0 saturated heterocycles. The van der Waals surface area contributed by atoms with Crippen molar-refractivity contribution in [3.05, 3.63) is 0 Å². The van der Waals surface area contributed by atoms with E-state index in [1.165, 1.54) is 0 Å². The molecule has 0 rings (SSSR count). The molecule has 3 heteroatoms. The Morgan fingerprint density at radius 3 is 2.73 bits per heavy atom. The third-order valence-corrected chi connectivity index (χ3v) is 1.40. The maximum absolute atomic E-state index is 10.2. The zero-order valence-corrected chi connectivity index (χ0v) is 6.42. The fourth-order valence-electron chi connectivity index (χ4n) is 0.715. The highest BCUT2D eigenvalue weighted by atomic mass is 16.4. The van der Waals surface area contributed by atoms with E-state index in [4.69, 9.17) is 17.3 Å².